The first kappa shape index (κ1) is 18.2. The number of halogens is 2. The van der Waals surface area contributed by atoms with Gasteiger partial charge in [-0.3, -0.25) is 0 Å². The molecule has 1 heterocycles. The van der Waals surface area contributed by atoms with E-state index in [1.54, 1.807) is 25.3 Å². The number of nitrogens with two attached hydrogens (primary N) is 1. The molecule has 0 spiro atoms. The Bertz CT molecular complexity index is 968. The zero-order valence-corrected chi connectivity index (χ0v) is 14.6. The molecule has 3 rings (SSSR count). The fraction of sp³-hybridized carbons (Fsp3) is 0.111. The molecule has 2 aromatic carbocycles. The van der Waals surface area contributed by atoms with Crippen LogP contribution in [0.1, 0.15) is 0 Å². The quantitative estimate of drug-likeness (QED) is 0.604. The maximum atomic E-state index is 13.9. The molecule has 0 fully saturated rings. The number of anilines is 5. The van der Waals surface area contributed by atoms with Crippen molar-refractivity contribution < 1.29 is 18.3 Å². The minimum Gasteiger partial charge on any atom is -0.497 e. The number of aromatic nitrogens is 2. The third-order valence-electron chi connectivity index (χ3n) is 3.73. The van der Waals surface area contributed by atoms with Gasteiger partial charge in [-0.25, -0.2) is 18.7 Å². The Balaban J connectivity index is 1.93. The third-order valence-corrected chi connectivity index (χ3v) is 3.73. The van der Waals surface area contributed by atoms with Gasteiger partial charge in [-0.2, -0.15) is 0 Å². The minimum atomic E-state index is -0.640. The monoisotopic (exact) mass is 373 g/mol. The molecular formula is C18H17F2N5O2. The fourth-order valence-electron chi connectivity index (χ4n) is 2.35. The number of rotatable bonds is 6. The maximum absolute atomic E-state index is 13.9. The van der Waals surface area contributed by atoms with Crippen molar-refractivity contribution in [3.63, 3.8) is 0 Å². The SMILES string of the molecule is COc1ccc(OC)c(Nc2ncnc(Nc3cc(F)ccc3F)c2N)c1. The number of hydrogen-bond acceptors (Lipinski definition) is 7. The van der Waals surface area contributed by atoms with Crippen LogP contribution in [0.5, 0.6) is 11.5 Å². The molecule has 9 heteroatoms. The Kier molecular flexibility index (Phi) is 5.20. The Morgan fingerprint density at radius 2 is 1.59 bits per heavy atom. The first-order valence-corrected chi connectivity index (χ1v) is 7.83. The predicted octanol–water partition coefficient (Wildman–Crippen LogP) is 3.84. The van der Waals surface area contributed by atoms with Gasteiger partial charge in [0.25, 0.3) is 0 Å². The van der Waals surface area contributed by atoms with Gasteiger partial charge in [0.15, 0.2) is 11.6 Å². The Morgan fingerprint density at radius 1 is 0.889 bits per heavy atom. The van der Waals surface area contributed by atoms with Crippen molar-refractivity contribution >= 4 is 28.7 Å². The van der Waals surface area contributed by atoms with Crippen LogP contribution in [0.25, 0.3) is 0 Å². The van der Waals surface area contributed by atoms with Gasteiger partial charge in [0.05, 0.1) is 25.6 Å². The van der Waals surface area contributed by atoms with E-state index in [2.05, 4.69) is 20.6 Å². The van der Waals surface area contributed by atoms with Gasteiger partial charge >= 0.3 is 0 Å². The summed E-state index contributed by atoms with van der Waals surface area (Å²) in [4.78, 5) is 8.09. The second kappa shape index (κ2) is 7.73. The van der Waals surface area contributed by atoms with Gasteiger partial charge in [0.1, 0.15) is 35.1 Å². The van der Waals surface area contributed by atoms with Crippen LogP contribution >= 0.6 is 0 Å². The van der Waals surface area contributed by atoms with Gasteiger partial charge in [-0.15, -0.1) is 0 Å². The molecule has 0 saturated heterocycles. The van der Waals surface area contributed by atoms with Crippen molar-refractivity contribution in [1.82, 2.24) is 9.97 Å². The molecular weight excluding hydrogens is 356 g/mol. The highest BCUT2D eigenvalue weighted by Crippen LogP contribution is 2.34. The summed E-state index contributed by atoms with van der Waals surface area (Å²) in [5.74, 6) is 0.296. The Morgan fingerprint density at radius 3 is 2.26 bits per heavy atom. The van der Waals surface area contributed by atoms with Crippen LogP contribution in [0.15, 0.2) is 42.7 Å². The Labute approximate surface area is 154 Å². The van der Waals surface area contributed by atoms with Crippen molar-refractivity contribution in [1.29, 1.82) is 0 Å². The van der Waals surface area contributed by atoms with E-state index >= 15 is 0 Å². The number of methoxy groups -OCH3 is 2. The van der Waals surface area contributed by atoms with E-state index in [0.29, 0.717) is 17.2 Å². The van der Waals surface area contributed by atoms with Crippen molar-refractivity contribution in [3.05, 3.63) is 54.4 Å². The number of ether oxygens (including phenoxy) is 2. The van der Waals surface area contributed by atoms with Crippen LogP contribution < -0.4 is 25.8 Å². The zero-order valence-electron chi connectivity index (χ0n) is 14.6. The van der Waals surface area contributed by atoms with E-state index in [1.165, 1.54) is 13.4 Å². The molecule has 0 unspecified atom stereocenters. The van der Waals surface area contributed by atoms with Crippen LogP contribution in [0.4, 0.5) is 37.5 Å². The van der Waals surface area contributed by atoms with Crippen molar-refractivity contribution in [3.8, 4) is 11.5 Å². The number of nitrogens with zero attached hydrogens (tertiary/aromatic N) is 2. The summed E-state index contributed by atoms with van der Waals surface area (Å²) in [5, 5.41) is 5.70. The highest BCUT2D eigenvalue weighted by Gasteiger charge is 2.13. The summed E-state index contributed by atoms with van der Waals surface area (Å²) >= 11 is 0. The smallest absolute Gasteiger partial charge is 0.159 e. The largest absolute Gasteiger partial charge is 0.497 e. The number of nitrogen functional groups attached to an aromatic ring is 1. The molecule has 4 N–H and O–H groups in total. The number of nitrogens with one attached hydrogen (secondary N) is 2. The first-order valence-electron chi connectivity index (χ1n) is 7.83. The van der Waals surface area contributed by atoms with Gasteiger partial charge in [0, 0.05) is 12.1 Å². The van der Waals surface area contributed by atoms with Gasteiger partial charge in [0.2, 0.25) is 0 Å². The molecule has 0 aliphatic rings. The lowest BCUT2D eigenvalue weighted by Gasteiger charge is -2.15. The van der Waals surface area contributed by atoms with Gasteiger partial charge in [-0.1, -0.05) is 0 Å². The summed E-state index contributed by atoms with van der Waals surface area (Å²) in [6.07, 6.45) is 1.24. The molecule has 7 nitrogen and oxygen atoms in total. The van der Waals surface area contributed by atoms with Crippen LogP contribution in [0.2, 0.25) is 0 Å². The molecule has 3 aromatic rings. The molecule has 0 radical (unpaired) electrons. The maximum Gasteiger partial charge on any atom is 0.159 e. The molecule has 0 aliphatic heterocycles. The van der Waals surface area contributed by atoms with Crippen LogP contribution in [-0.2, 0) is 0 Å². The minimum absolute atomic E-state index is 0.0923. The standard InChI is InChI=1S/C18H17F2N5O2/c1-26-11-4-6-15(27-2)14(8-11)25-18-16(21)17(22-9-23-18)24-13-7-10(19)3-5-12(13)20/h3-9H,21H2,1-2H3,(H2,22,23,24,25). The first-order chi connectivity index (χ1) is 13.0. The fourth-order valence-corrected chi connectivity index (χ4v) is 2.35. The second-order valence-electron chi connectivity index (χ2n) is 5.42. The third kappa shape index (κ3) is 3.97. The molecule has 1 aromatic heterocycles. The van der Waals surface area contributed by atoms with E-state index in [1.807, 2.05) is 0 Å². The molecule has 27 heavy (non-hydrogen) atoms. The van der Waals surface area contributed by atoms with E-state index < -0.39 is 11.6 Å². The summed E-state index contributed by atoms with van der Waals surface area (Å²) in [6.45, 7) is 0. The lowest BCUT2D eigenvalue weighted by Crippen LogP contribution is -2.06. The lowest BCUT2D eigenvalue weighted by molar-refractivity contribution is 0.405. The van der Waals surface area contributed by atoms with Crippen LogP contribution in [0.3, 0.4) is 0 Å². The highest BCUT2D eigenvalue weighted by molar-refractivity contribution is 5.81. The summed E-state index contributed by atoms with van der Waals surface area (Å²) in [5.41, 5.74) is 6.68. The number of hydrogen-bond donors (Lipinski definition) is 3. The summed E-state index contributed by atoms with van der Waals surface area (Å²) in [6, 6.07) is 8.21. The Hall–Kier alpha value is -3.62. The van der Waals surface area contributed by atoms with E-state index in [9.17, 15) is 8.78 Å². The molecule has 140 valence electrons. The van der Waals surface area contributed by atoms with Gasteiger partial charge < -0.3 is 25.8 Å². The van der Waals surface area contributed by atoms with Crippen molar-refractivity contribution in [2.45, 2.75) is 0 Å². The molecule has 0 bridgehead atoms. The average molecular weight is 373 g/mol. The van der Waals surface area contributed by atoms with Gasteiger partial charge in [-0.05, 0) is 24.3 Å². The van der Waals surface area contributed by atoms with E-state index in [-0.39, 0.29) is 23.0 Å². The topological polar surface area (TPSA) is 94.3 Å². The van der Waals surface area contributed by atoms with Crippen molar-refractivity contribution in [2.75, 3.05) is 30.6 Å². The summed E-state index contributed by atoms with van der Waals surface area (Å²) in [7, 11) is 3.07. The molecule has 0 saturated carbocycles. The zero-order chi connectivity index (χ0) is 19.4. The van der Waals surface area contributed by atoms with Crippen molar-refractivity contribution in [2.24, 2.45) is 0 Å². The number of benzene rings is 2. The normalized spacial score (nSPS) is 10.4. The van der Waals surface area contributed by atoms with Crippen LogP contribution in [0, 0.1) is 11.6 Å². The molecule has 0 atom stereocenters. The average Bonchev–Trinajstić information content (AvgIpc) is 2.67. The summed E-state index contributed by atoms with van der Waals surface area (Å²) < 4.78 is 37.7. The highest BCUT2D eigenvalue weighted by atomic mass is 19.1. The van der Waals surface area contributed by atoms with Crippen LogP contribution in [-0.4, -0.2) is 24.2 Å². The van der Waals surface area contributed by atoms with E-state index in [4.69, 9.17) is 15.2 Å². The van der Waals surface area contributed by atoms with E-state index in [0.717, 1.165) is 18.2 Å². The predicted molar refractivity (Wildman–Crippen MR) is 98.9 cm³/mol. The second-order valence-corrected chi connectivity index (χ2v) is 5.42. The molecule has 0 aliphatic carbocycles. The lowest BCUT2D eigenvalue weighted by atomic mass is 10.2. The molecule has 0 amide bonds.